The van der Waals surface area contributed by atoms with Crippen molar-refractivity contribution in [2.45, 2.75) is 32.1 Å². The molecule has 1 heterocycles. The second kappa shape index (κ2) is 6.86. The number of benzene rings is 1. The predicted octanol–water partition coefficient (Wildman–Crippen LogP) is 3.18. The highest BCUT2D eigenvalue weighted by molar-refractivity contribution is 5.78. The smallest absolute Gasteiger partial charge is 0.260 e. The molecule has 0 atom stereocenters. The summed E-state index contributed by atoms with van der Waals surface area (Å²) in [5.74, 6) is 1.47. The number of likely N-dealkylation sites (tertiary alicyclic amines) is 1. The summed E-state index contributed by atoms with van der Waals surface area (Å²) >= 11 is 0. The summed E-state index contributed by atoms with van der Waals surface area (Å²) in [4.78, 5) is 14.2. The molecule has 1 saturated heterocycles. The molecule has 0 bridgehead atoms. The molecule has 4 heteroatoms. The van der Waals surface area contributed by atoms with Crippen LogP contribution < -0.4 is 9.47 Å². The first-order valence-electron chi connectivity index (χ1n) is 8.00. The Bertz CT molecular complexity index is 563. The van der Waals surface area contributed by atoms with Crippen molar-refractivity contribution in [1.29, 1.82) is 0 Å². The van der Waals surface area contributed by atoms with E-state index in [0.717, 1.165) is 31.7 Å². The number of piperidine rings is 1. The van der Waals surface area contributed by atoms with Crippen LogP contribution in [0.4, 0.5) is 0 Å². The Kier molecular flexibility index (Phi) is 4.66. The molecule has 0 unspecified atom stereocenters. The van der Waals surface area contributed by atoms with Gasteiger partial charge < -0.3 is 14.4 Å². The van der Waals surface area contributed by atoms with E-state index in [1.54, 1.807) is 24.3 Å². The first-order valence-corrected chi connectivity index (χ1v) is 8.00. The summed E-state index contributed by atoms with van der Waals surface area (Å²) in [7, 11) is 1.62. The van der Waals surface area contributed by atoms with E-state index in [-0.39, 0.29) is 12.5 Å². The predicted molar refractivity (Wildman–Crippen MR) is 85.2 cm³/mol. The third-order valence-corrected chi connectivity index (χ3v) is 4.58. The first-order chi connectivity index (χ1) is 10.8. The van der Waals surface area contributed by atoms with Gasteiger partial charge in [-0.3, -0.25) is 4.79 Å². The van der Waals surface area contributed by atoms with Gasteiger partial charge in [-0.2, -0.15) is 0 Å². The minimum Gasteiger partial charge on any atom is -0.497 e. The van der Waals surface area contributed by atoms with Gasteiger partial charge in [0.15, 0.2) is 6.61 Å². The Morgan fingerprint density at radius 2 is 1.77 bits per heavy atom. The van der Waals surface area contributed by atoms with Crippen LogP contribution in [0.3, 0.4) is 0 Å². The van der Waals surface area contributed by atoms with Crippen LogP contribution in [-0.2, 0) is 4.79 Å². The van der Waals surface area contributed by atoms with Gasteiger partial charge in [0, 0.05) is 19.2 Å². The highest BCUT2D eigenvalue weighted by Crippen LogP contribution is 2.33. The molecular formula is C18H23NO3. The number of allylic oxidation sites excluding steroid dienone is 1. The topological polar surface area (TPSA) is 38.8 Å². The van der Waals surface area contributed by atoms with Gasteiger partial charge in [-0.05, 0) is 44.2 Å². The number of nitrogens with zero attached hydrogens (tertiary/aromatic N) is 1. The summed E-state index contributed by atoms with van der Waals surface area (Å²) in [5.41, 5.74) is 3.25. The van der Waals surface area contributed by atoms with Gasteiger partial charge >= 0.3 is 0 Å². The van der Waals surface area contributed by atoms with Gasteiger partial charge in [-0.25, -0.2) is 0 Å². The lowest BCUT2D eigenvalue weighted by atomic mass is 9.84. The third-order valence-electron chi connectivity index (χ3n) is 4.58. The molecule has 1 amide bonds. The Labute approximate surface area is 131 Å². The standard InChI is InChI=1S/C18H23NO3/c1-21-16-6-3-7-17(12-16)22-13-18(20)19-10-8-15(9-11-19)14-4-2-5-14/h3,6-7,12H,2,4-5,8-11,13H2,1H3. The van der Waals surface area contributed by atoms with E-state index >= 15 is 0 Å². The van der Waals surface area contributed by atoms with Gasteiger partial charge in [-0.15, -0.1) is 0 Å². The van der Waals surface area contributed by atoms with Crippen LogP contribution in [0.15, 0.2) is 35.4 Å². The Morgan fingerprint density at radius 1 is 1.09 bits per heavy atom. The number of carbonyl (C=O) groups is 1. The highest BCUT2D eigenvalue weighted by Gasteiger charge is 2.23. The average molecular weight is 301 g/mol. The van der Waals surface area contributed by atoms with Crippen molar-refractivity contribution in [3.05, 3.63) is 35.4 Å². The quantitative estimate of drug-likeness (QED) is 0.802. The molecular weight excluding hydrogens is 278 g/mol. The van der Waals surface area contributed by atoms with E-state index in [9.17, 15) is 4.79 Å². The lowest BCUT2D eigenvalue weighted by molar-refractivity contribution is -0.133. The Balaban J connectivity index is 1.48. The van der Waals surface area contributed by atoms with E-state index in [1.165, 1.54) is 19.3 Å². The third kappa shape index (κ3) is 3.43. The van der Waals surface area contributed by atoms with Gasteiger partial charge in [0.1, 0.15) is 11.5 Å². The van der Waals surface area contributed by atoms with Gasteiger partial charge in [0.2, 0.25) is 0 Å². The van der Waals surface area contributed by atoms with Crippen molar-refractivity contribution < 1.29 is 14.3 Å². The minimum atomic E-state index is 0.0699. The number of carbonyl (C=O) groups excluding carboxylic acids is 1. The molecule has 2 fully saturated rings. The summed E-state index contributed by atoms with van der Waals surface area (Å²) in [6, 6.07) is 7.35. The number of methoxy groups -OCH3 is 1. The molecule has 1 aliphatic heterocycles. The average Bonchev–Trinajstić information content (AvgIpc) is 2.52. The molecule has 0 aromatic heterocycles. The maximum absolute atomic E-state index is 12.2. The van der Waals surface area contributed by atoms with Crippen molar-refractivity contribution in [3.63, 3.8) is 0 Å². The molecule has 118 valence electrons. The number of hydrogen-bond donors (Lipinski definition) is 0. The van der Waals surface area contributed by atoms with Crippen molar-refractivity contribution in [2.75, 3.05) is 26.8 Å². The zero-order valence-corrected chi connectivity index (χ0v) is 13.1. The van der Waals surface area contributed by atoms with Crippen LogP contribution in [0.1, 0.15) is 32.1 Å². The normalized spacial score (nSPS) is 18.0. The SMILES string of the molecule is COc1cccc(OCC(=O)N2CCC(=C3CCC3)CC2)c1. The maximum Gasteiger partial charge on any atom is 0.260 e. The lowest BCUT2D eigenvalue weighted by Gasteiger charge is -2.32. The summed E-state index contributed by atoms with van der Waals surface area (Å²) in [6.45, 7) is 1.76. The van der Waals surface area contributed by atoms with Crippen molar-refractivity contribution in [2.24, 2.45) is 0 Å². The Morgan fingerprint density at radius 3 is 2.41 bits per heavy atom. The van der Waals surface area contributed by atoms with Crippen LogP contribution in [0, 0.1) is 0 Å². The van der Waals surface area contributed by atoms with E-state index in [2.05, 4.69) is 0 Å². The van der Waals surface area contributed by atoms with Crippen LogP contribution in [0.25, 0.3) is 0 Å². The zero-order chi connectivity index (χ0) is 15.4. The molecule has 1 aromatic carbocycles. The molecule has 1 saturated carbocycles. The largest absolute Gasteiger partial charge is 0.497 e. The second-order valence-electron chi connectivity index (χ2n) is 5.91. The fraction of sp³-hybridized carbons (Fsp3) is 0.500. The lowest BCUT2D eigenvalue weighted by Crippen LogP contribution is -2.39. The number of hydrogen-bond acceptors (Lipinski definition) is 3. The van der Waals surface area contributed by atoms with E-state index < -0.39 is 0 Å². The summed E-state index contributed by atoms with van der Waals surface area (Å²) < 4.78 is 10.7. The molecule has 1 aliphatic carbocycles. The van der Waals surface area contributed by atoms with Crippen LogP contribution in [0.2, 0.25) is 0 Å². The van der Waals surface area contributed by atoms with E-state index in [4.69, 9.17) is 9.47 Å². The fourth-order valence-electron chi connectivity index (χ4n) is 3.01. The molecule has 0 N–H and O–H groups in total. The monoisotopic (exact) mass is 301 g/mol. The number of amides is 1. The van der Waals surface area contributed by atoms with E-state index in [0.29, 0.717) is 5.75 Å². The van der Waals surface area contributed by atoms with Crippen LogP contribution in [0.5, 0.6) is 11.5 Å². The van der Waals surface area contributed by atoms with Gasteiger partial charge in [0.25, 0.3) is 5.91 Å². The minimum absolute atomic E-state index is 0.0699. The van der Waals surface area contributed by atoms with Crippen molar-refractivity contribution in [3.8, 4) is 11.5 Å². The first kappa shape index (κ1) is 14.9. The molecule has 3 rings (SSSR count). The summed E-state index contributed by atoms with van der Waals surface area (Å²) in [5, 5.41) is 0. The molecule has 1 aromatic rings. The number of rotatable bonds is 4. The zero-order valence-electron chi connectivity index (χ0n) is 13.1. The van der Waals surface area contributed by atoms with Crippen molar-refractivity contribution >= 4 is 5.91 Å². The second-order valence-corrected chi connectivity index (χ2v) is 5.91. The molecule has 0 spiro atoms. The van der Waals surface area contributed by atoms with Crippen LogP contribution >= 0.6 is 0 Å². The molecule has 4 nitrogen and oxygen atoms in total. The van der Waals surface area contributed by atoms with Gasteiger partial charge in [0.05, 0.1) is 7.11 Å². The number of ether oxygens (including phenoxy) is 2. The molecule has 0 radical (unpaired) electrons. The van der Waals surface area contributed by atoms with Crippen molar-refractivity contribution in [1.82, 2.24) is 4.90 Å². The van der Waals surface area contributed by atoms with E-state index in [1.807, 2.05) is 23.1 Å². The highest BCUT2D eigenvalue weighted by atomic mass is 16.5. The maximum atomic E-state index is 12.2. The fourth-order valence-corrected chi connectivity index (χ4v) is 3.01. The molecule has 22 heavy (non-hydrogen) atoms. The van der Waals surface area contributed by atoms with Gasteiger partial charge in [-0.1, -0.05) is 17.2 Å². The Hall–Kier alpha value is -1.97. The summed E-state index contributed by atoms with van der Waals surface area (Å²) in [6.07, 6.45) is 5.99. The van der Waals surface area contributed by atoms with Crippen LogP contribution in [-0.4, -0.2) is 37.6 Å². The molecule has 2 aliphatic rings.